The minimum Gasteiger partial charge on any atom is -0.302 e. The molecule has 2 unspecified atom stereocenters. The summed E-state index contributed by atoms with van der Waals surface area (Å²) < 4.78 is 32.5. The lowest BCUT2D eigenvalue weighted by Crippen LogP contribution is -1.99. The third-order valence-electron chi connectivity index (χ3n) is 2.19. The van der Waals surface area contributed by atoms with Crippen molar-refractivity contribution in [1.82, 2.24) is 0 Å². The standard InChI is InChI=1S/C12H10O3S2/c13-16(10-6-2-1-3-7-10)11-8-4-5-9-12(11)17(14)15/h1-9H,(H,14,15). The molecule has 0 fully saturated rings. The molecule has 0 aliphatic carbocycles. The topological polar surface area (TPSA) is 54.4 Å². The highest BCUT2D eigenvalue weighted by molar-refractivity contribution is 7.86. The van der Waals surface area contributed by atoms with Crippen molar-refractivity contribution in [3.05, 3.63) is 54.6 Å². The van der Waals surface area contributed by atoms with Gasteiger partial charge in [-0.25, -0.2) is 8.42 Å². The van der Waals surface area contributed by atoms with E-state index in [-0.39, 0.29) is 4.90 Å². The first-order valence-corrected chi connectivity index (χ1v) is 7.12. The van der Waals surface area contributed by atoms with Crippen LogP contribution in [0.15, 0.2) is 69.3 Å². The summed E-state index contributed by atoms with van der Waals surface area (Å²) in [5.41, 5.74) is 0. The normalized spacial score (nSPS) is 14.2. The molecule has 3 nitrogen and oxygen atoms in total. The zero-order chi connectivity index (χ0) is 12.3. The van der Waals surface area contributed by atoms with Crippen LogP contribution in [0, 0.1) is 0 Å². The first kappa shape index (κ1) is 12.2. The van der Waals surface area contributed by atoms with Crippen LogP contribution in [0.1, 0.15) is 0 Å². The molecule has 0 aromatic heterocycles. The minimum atomic E-state index is -2.13. The van der Waals surface area contributed by atoms with Crippen molar-refractivity contribution in [1.29, 1.82) is 0 Å². The van der Waals surface area contributed by atoms with Gasteiger partial charge in [0.2, 0.25) is 0 Å². The smallest absolute Gasteiger partial charge is 0.187 e. The Morgan fingerprint density at radius 1 is 0.765 bits per heavy atom. The summed E-state index contributed by atoms with van der Waals surface area (Å²) in [7, 11) is -1.43. The minimum absolute atomic E-state index is 0.190. The van der Waals surface area contributed by atoms with Crippen LogP contribution in [-0.2, 0) is 21.9 Å². The second-order valence-electron chi connectivity index (χ2n) is 3.28. The van der Waals surface area contributed by atoms with E-state index in [1.165, 1.54) is 6.07 Å². The lowest BCUT2D eigenvalue weighted by Gasteiger charge is -2.05. The number of rotatable bonds is 3. The maximum Gasteiger partial charge on any atom is 0.187 e. The van der Waals surface area contributed by atoms with Crippen LogP contribution in [0.4, 0.5) is 0 Å². The summed E-state index contributed by atoms with van der Waals surface area (Å²) in [6.45, 7) is 0. The Balaban J connectivity index is 2.48. The fourth-order valence-corrected chi connectivity index (χ4v) is 3.41. The Morgan fingerprint density at radius 3 is 1.88 bits per heavy atom. The van der Waals surface area contributed by atoms with E-state index in [2.05, 4.69) is 0 Å². The highest BCUT2D eigenvalue weighted by atomic mass is 32.2. The van der Waals surface area contributed by atoms with E-state index < -0.39 is 21.9 Å². The number of hydrogen-bond acceptors (Lipinski definition) is 2. The van der Waals surface area contributed by atoms with Crippen LogP contribution in [0.2, 0.25) is 0 Å². The fraction of sp³-hybridized carbons (Fsp3) is 0. The molecule has 5 heteroatoms. The van der Waals surface area contributed by atoms with Gasteiger partial charge >= 0.3 is 0 Å². The van der Waals surface area contributed by atoms with Gasteiger partial charge in [0.1, 0.15) is 0 Å². The average Bonchev–Trinajstić information content (AvgIpc) is 2.39. The van der Waals surface area contributed by atoms with Crippen LogP contribution < -0.4 is 0 Å². The highest BCUT2D eigenvalue weighted by Crippen LogP contribution is 2.21. The van der Waals surface area contributed by atoms with Gasteiger partial charge in [0, 0.05) is 4.90 Å². The van der Waals surface area contributed by atoms with Crippen molar-refractivity contribution in [3.8, 4) is 0 Å². The van der Waals surface area contributed by atoms with Crippen LogP contribution in [0.5, 0.6) is 0 Å². The predicted molar refractivity (Wildman–Crippen MR) is 66.6 cm³/mol. The van der Waals surface area contributed by atoms with E-state index in [9.17, 15) is 8.42 Å². The molecule has 1 N–H and O–H groups in total. The van der Waals surface area contributed by atoms with Gasteiger partial charge in [0.25, 0.3) is 0 Å². The van der Waals surface area contributed by atoms with Gasteiger partial charge in [-0.1, -0.05) is 30.3 Å². The van der Waals surface area contributed by atoms with Crippen molar-refractivity contribution >= 4 is 21.9 Å². The molecule has 0 aliphatic heterocycles. The van der Waals surface area contributed by atoms with Crippen LogP contribution in [-0.4, -0.2) is 13.0 Å². The van der Waals surface area contributed by atoms with Gasteiger partial charge in [0.05, 0.1) is 20.6 Å². The predicted octanol–water partition coefficient (Wildman–Crippen LogP) is 2.43. The van der Waals surface area contributed by atoms with Gasteiger partial charge in [-0.05, 0) is 24.3 Å². The summed E-state index contributed by atoms with van der Waals surface area (Å²) in [5, 5.41) is 0. The Kier molecular flexibility index (Phi) is 3.83. The molecular weight excluding hydrogens is 256 g/mol. The molecule has 2 rings (SSSR count). The fourth-order valence-electron chi connectivity index (χ4n) is 1.42. The van der Waals surface area contributed by atoms with Gasteiger partial charge < -0.3 is 4.55 Å². The monoisotopic (exact) mass is 266 g/mol. The second kappa shape index (κ2) is 5.35. The zero-order valence-electron chi connectivity index (χ0n) is 8.78. The van der Waals surface area contributed by atoms with E-state index in [0.717, 1.165) is 0 Å². The summed E-state index contributed by atoms with van der Waals surface area (Å²) in [6.07, 6.45) is 0. The van der Waals surface area contributed by atoms with Crippen molar-refractivity contribution < 1.29 is 13.0 Å². The third-order valence-corrected chi connectivity index (χ3v) is 4.51. The van der Waals surface area contributed by atoms with Crippen molar-refractivity contribution in [2.24, 2.45) is 0 Å². The number of benzene rings is 2. The van der Waals surface area contributed by atoms with E-state index >= 15 is 0 Å². The molecule has 0 saturated heterocycles. The molecule has 2 aromatic rings. The quantitative estimate of drug-likeness (QED) is 0.868. The SMILES string of the molecule is O=S(O)c1ccccc1S(=O)c1ccccc1. The van der Waals surface area contributed by atoms with E-state index in [1.54, 1.807) is 42.5 Å². The summed E-state index contributed by atoms with van der Waals surface area (Å²) in [4.78, 5) is 1.18. The molecule has 0 heterocycles. The maximum atomic E-state index is 12.2. The van der Waals surface area contributed by atoms with Crippen molar-refractivity contribution in [2.45, 2.75) is 14.7 Å². The molecule has 0 spiro atoms. The summed E-state index contributed by atoms with van der Waals surface area (Å²) >= 11 is -2.13. The molecule has 2 atom stereocenters. The van der Waals surface area contributed by atoms with E-state index in [4.69, 9.17) is 4.55 Å². The number of hydrogen-bond donors (Lipinski definition) is 1. The Morgan fingerprint density at radius 2 is 1.29 bits per heavy atom. The van der Waals surface area contributed by atoms with Crippen LogP contribution in [0.25, 0.3) is 0 Å². The molecule has 0 aliphatic rings. The Hall–Kier alpha value is -1.30. The molecule has 0 bridgehead atoms. The molecule has 0 saturated carbocycles. The van der Waals surface area contributed by atoms with Crippen LogP contribution in [0.3, 0.4) is 0 Å². The van der Waals surface area contributed by atoms with Gasteiger partial charge in [-0.2, -0.15) is 0 Å². The molecule has 88 valence electrons. The molecule has 2 aromatic carbocycles. The average molecular weight is 266 g/mol. The van der Waals surface area contributed by atoms with Gasteiger partial charge in [-0.15, -0.1) is 0 Å². The maximum absolute atomic E-state index is 12.2. The first-order valence-electron chi connectivity index (χ1n) is 4.87. The van der Waals surface area contributed by atoms with Crippen molar-refractivity contribution in [3.63, 3.8) is 0 Å². The Bertz CT molecular complexity index is 567. The molecule has 17 heavy (non-hydrogen) atoms. The van der Waals surface area contributed by atoms with E-state index in [0.29, 0.717) is 9.79 Å². The largest absolute Gasteiger partial charge is 0.302 e. The van der Waals surface area contributed by atoms with Gasteiger partial charge in [0.15, 0.2) is 11.1 Å². The molecule has 0 amide bonds. The third kappa shape index (κ3) is 2.69. The van der Waals surface area contributed by atoms with E-state index in [1.807, 2.05) is 6.07 Å². The summed E-state index contributed by atoms with van der Waals surface area (Å²) in [6, 6.07) is 15.3. The lowest BCUT2D eigenvalue weighted by molar-refractivity contribution is 0.561. The lowest BCUT2D eigenvalue weighted by atomic mass is 10.4. The highest BCUT2D eigenvalue weighted by Gasteiger charge is 2.14. The zero-order valence-corrected chi connectivity index (χ0v) is 10.4. The first-order chi connectivity index (χ1) is 8.20. The van der Waals surface area contributed by atoms with Gasteiger partial charge in [-0.3, -0.25) is 0 Å². The second-order valence-corrected chi connectivity index (χ2v) is 5.66. The Labute approximate surface area is 104 Å². The molecular formula is C12H10O3S2. The molecule has 0 radical (unpaired) electrons. The van der Waals surface area contributed by atoms with Crippen molar-refractivity contribution in [2.75, 3.05) is 0 Å². The van der Waals surface area contributed by atoms with Crippen LogP contribution >= 0.6 is 0 Å². The summed E-state index contributed by atoms with van der Waals surface area (Å²) in [5.74, 6) is 0.